The number of aryl methyl sites for hydroxylation is 1. The van der Waals surface area contributed by atoms with Crippen LogP contribution in [0.5, 0.6) is 0 Å². The molecule has 184 valence electrons. The summed E-state index contributed by atoms with van der Waals surface area (Å²) >= 11 is 1.26. The van der Waals surface area contributed by atoms with E-state index in [1.165, 1.54) is 17.5 Å². The Kier molecular flexibility index (Phi) is 5.47. The number of carbonyl (C=O) groups excluding carboxylic acids is 1. The van der Waals surface area contributed by atoms with Crippen molar-refractivity contribution in [1.82, 2.24) is 29.0 Å². The van der Waals surface area contributed by atoms with Gasteiger partial charge in [-0.3, -0.25) is 19.5 Å². The van der Waals surface area contributed by atoms with Gasteiger partial charge < -0.3 is 9.30 Å². The molecule has 0 aliphatic carbocycles. The highest BCUT2D eigenvalue weighted by atomic mass is 32.2. The Morgan fingerprint density at radius 3 is 2.86 bits per heavy atom. The smallest absolute Gasteiger partial charge is 0.280 e. The number of rotatable bonds is 5. The predicted molar refractivity (Wildman–Crippen MR) is 137 cm³/mol. The third-order valence-electron chi connectivity index (χ3n) is 5.92. The number of nitrogens with one attached hydrogen (secondary N) is 2. The fourth-order valence-corrected chi connectivity index (χ4v) is 6.09. The lowest BCUT2D eigenvalue weighted by molar-refractivity contribution is 0.102. The van der Waals surface area contributed by atoms with E-state index >= 15 is 0 Å². The third kappa shape index (κ3) is 4.32. The van der Waals surface area contributed by atoms with Gasteiger partial charge in [-0.1, -0.05) is 17.4 Å². The Labute approximate surface area is 210 Å². The van der Waals surface area contributed by atoms with E-state index < -0.39 is 10.0 Å². The minimum Gasteiger partial charge on any atom is -0.306 e. The predicted octanol–water partition coefficient (Wildman–Crippen LogP) is 3.03. The van der Waals surface area contributed by atoms with Crippen LogP contribution in [0.15, 0.2) is 59.9 Å². The Balaban J connectivity index is 1.20. The van der Waals surface area contributed by atoms with Crippen LogP contribution in [-0.2, 0) is 23.1 Å². The Morgan fingerprint density at radius 2 is 2.00 bits per heavy atom. The SMILES string of the molecule is CN1CCCn2nc(C(=O)Nc3nc4ccc(NS(=O)(=O)c5cn6ccccc6n5)cc4s3)cc2C1. The van der Waals surface area contributed by atoms with Crippen molar-refractivity contribution in [2.45, 2.75) is 24.5 Å². The molecule has 13 heteroatoms. The van der Waals surface area contributed by atoms with Crippen molar-refractivity contribution in [1.29, 1.82) is 0 Å². The molecule has 0 saturated carbocycles. The van der Waals surface area contributed by atoms with Crippen molar-refractivity contribution in [2.24, 2.45) is 0 Å². The van der Waals surface area contributed by atoms with E-state index in [0.717, 1.165) is 36.4 Å². The molecule has 11 nitrogen and oxygen atoms in total. The molecule has 0 spiro atoms. The molecule has 4 aromatic heterocycles. The summed E-state index contributed by atoms with van der Waals surface area (Å²) in [4.78, 5) is 23.7. The molecule has 1 aromatic carbocycles. The lowest BCUT2D eigenvalue weighted by atomic mass is 10.3. The normalized spacial score (nSPS) is 14.6. The zero-order valence-electron chi connectivity index (χ0n) is 19.2. The monoisotopic (exact) mass is 522 g/mol. The summed E-state index contributed by atoms with van der Waals surface area (Å²) in [7, 11) is -1.83. The largest absolute Gasteiger partial charge is 0.306 e. The molecule has 0 atom stereocenters. The third-order valence-corrected chi connectivity index (χ3v) is 8.10. The van der Waals surface area contributed by atoms with Gasteiger partial charge in [-0.2, -0.15) is 13.5 Å². The van der Waals surface area contributed by atoms with Gasteiger partial charge in [0.05, 0.1) is 21.6 Å². The van der Waals surface area contributed by atoms with E-state index in [4.69, 9.17) is 0 Å². The van der Waals surface area contributed by atoms with Crippen LogP contribution in [0.2, 0.25) is 0 Å². The van der Waals surface area contributed by atoms with E-state index in [-0.39, 0.29) is 10.9 Å². The molecule has 0 radical (unpaired) electrons. The second-order valence-corrected chi connectivity index (χ2v) is 11.3. The number of nitrogens with zero attached hydrogens (tertiary/aromatic N) is 6. The van der Waals surface area contributed by atoms with Crippen LogP contribution >= 0.6 is 11.3 Å². The summed E-state index contributed by atoms with van der Waals surface area (Å²) in [5.41, 5.74) is 2.92. The van der Waals surface area contributed by atoms with Crippen molar-refractivity contribution in [2.75, 3.05) is 23.6 Å². The summed E-state index contributed by atoms with van der Waals surface area (Å²) in [6.07, 6.45) is 4.18. The Bertz CT molecular complexity index is 1690. The van der Waals surface area contributed by atoms with Crippen LogP contribution in [0.25, 0.3) is 15.9 Å². The molecule has 1 amide bonds. The zero-order valence-corrected chi connectivity index (χ0v) is 20.9. The molecule has 2 N–H and O–H groups in total. The lowest BCUT2D eigenvalue weighted by Gasteiger charge is -2.10. The number of benzene rings is 1. The van der Waals surface area contributed by atoms with Crippen LogP contribution in [0.1, 0.15) is 22.6 Å². The quantitative estimate of drug-likeness (QED) is 0.363. The molecule has 1 aliphatic rings. The molecule has 0 unspecified atom stereocenters. The van der Waals surface area contributed by atoms with Crippen molar-refractivity contribution in [3.05, 3.63) is 66.2 Å². The summed E-state index contributed by atoms with van der Waals surface area (Å²) in [5.74, 6) is -0.329. The number of hydrogen-bond donors (Lipinski definition) is 2. The minimum absolute atomic E-state index is 0.0734. The fourth-order valence-electron chi connectivity index (χ4n) is 4.18. The highest BCUT2D eigenvalue weighted by Crippen LogP contribution is 2.29. The van der Waals surface area contributed by atoms with Gasteiger partial charge in [0.15, 0.2) is 15.9 Å². The highest BCUT2D eigenvalue weighted by Gasteiger charge is 2.21. The first-order valence-electron chi connectivity index (χ1n) is 11.3. The molecule has 5 aromatic rings. The first-order valence-corrected chi connectivity index (χ1v) is 13.6. The number of hydrogen-bond acceptors (Lipinski definition) is 8. The fraction of sp³-hybridized carbons (Fsp3) is 0.217. The first-order chi connectivity index (χ1) is 17.3. The van der Waals surface area contributed by atoms with Gasteiger partial charge in [0.25, 0.3) is 15.9 Å². The lowest BCUT2D eigenvalue weighted by Crippen LogP contribution is -2.17. The van der Waals surface area contributed by atoms with Gasteiger partial charge in [0.1, 0.15) is 5.65 Å². The Morgan fingerprint density at radius 1 is 1.11 bits per heavy atom. The maximum atomic E-state index is 12.9. The van der Waals surface area contributed by atoms with Crippen molar-refractivity contribution in [3.8, 4) is 0 Å². The van der Waals surface area contributed by atoms with Crippen LogP contribution in [-0.4, -0.2) is 57.0 Å². The van der Waals surface area contributed by atoms with Crippen molar-refractivity contribution < 1.29 is 13.2 Å². The van der Waals surface area contributed by atoms with Gasteiger partial charge in [-0.05, 0) is 49.9 Å². The summed E-state index contributed by atoms with van der Waals surface area (Å²) < 4.78 is 32.6. The number of carbonyl (C=O) groups is 1. The first kappa shape index (κ1) is 22.6. The average Bonchev–Trinajstić information content (AvgIpc) is 3.53. The molecular weight excluding hydrogens is 500 g/mol. The number of anilines is 2. The van der Waals surface area contributed by atoms with Gasteiger partial charge in [0.2, 0.25) is 0 Å². The minimum atomic E-state index is -3.88. The van der Waals surface area contributed by atoms with Gasteiger partial charge >= 0.3 is 0 Å². The van der Waals surface area contributed by atoms with E-state index in [1.807, 2.05) is 10.7 Å². The molecule has 0 fully saturated rings. The molecule has 36 heavy (non-hydrogen) atoms. The van der Waals surface area contributed by atoms with Crippen LogP contribution in [0.4, 0.5) is 10.8 Å². The summed E-state index contributed by atoms with van der Waals surface area (Å²) in [5, 5.41) is 7.62. The van der Waals surface area contributed by atoms with Crippen LogP contribution in [0, 0.1) is 0 Å². The number of pyridine rings is 1. The van der Waals surface area contributed by atoms with Gasteiger partial charge in [0, 0.05) is 32.0 Å². The van der Waals surface area contributed by atoms with E-state index in [1.54, 1.807) is 47.0 Å². The zero-order chi connectivity index (χ0) is 24.9. The molecular formula is C23H22N8O3S2. The number of sulfonamides is 1. The topological polar surface area (TPSA) is 127 Å². The highest BCUT2D eigenvalue weighted by molar-refractivity contribution is 7.92. The number of amides is 1. The van der Waals surface area contributed by atoms with Gasteiger partial charge in [-0.15, -0.1) is 0 Å². The maximum Gasteiger partial charge on any atom is 0.280 e. The van der Waals surface area contributed by atoms with Gasteiger partial charge in [-0.25, -0.2) is 9.97 Å². The van der Waals surface area contributed by atoms with Crippen molar-refractivity contribution >= 4 is 53.9 Å². The molecule has 6 rings (SSSR count). The second-order valence-electron chi connectivity index (χ2n) is 8.64. The maximum absolute atomic E-state index is 12.9. The van der Waals surface area contributed by atoms with Crippen LogP contribution < -0.4 is 10.0 Å². The van der Waals surface area contributed by atoms with Crippen molar-refractivity contribution in [3.63, 3.8) is 0 Å². The number of imidazole rings is 1. The van der Waals surface area contributed by atoms with Crippen LogP contribution in [0.3, 0.4) is 0 Å². The summed E-state index contributed by atoms with van der Waals surface area (Å²) in [6.45, 7) is 2.52. The summed E-state index contributed by atoms with van der Waals surface area (Å²) in [6, 6.07) is 12.2. The number of thiazole rings is 1. The van der Waals surface area contributed by atoms with E-state index in [0.29, 0.717) is 27.7 Å². The Hall–Kier alpha value is -3.81. The second kappa shape index (κ2) is 8.69. The number of aromatic nitrogens is 5. The van der Waals surface area contributed by atoms with E-state index in [2.05, 4.69) is 37.1 Å². The molecule has 5 heterocycles. The molecule has 0 saturated heterocycles. The van der Waals surface area contributed by atoms with E-state index in [9.17, 15) is 13.2 Å². The average molecular weight is 523 g/mol. The molecule has 1 aliphatic heterocycles. The molecule has 0 bridgehead atoms. The number of fused-ring (bicyclic) bond motifs is 3. The standard InChI is InChI=1S/C23H22N8O3S2/c1-29-8-4-10-31-16(13-29)12-18(27-31)22(32)26-23-24-17-7-6-15(11-19(17)35-23)28-36(33,34)21-14-30-9-3-2-5-20(30)25-21/h2-3,5-7,9,11-12,14,28H,4,8,10,13H2,1H3,(H,24,26,32).